The zero-order valence-electron chi connectivity index (χ0n) is 19.9. The molecule has 1 aliphatic heterocycles. The third-order valence-electron chi connectivity index (χ3n) is 5.91. The van der Waals surface area contributed by atoms with Crippen molar-refractivity contribution in [1.29, 1.82) is 0 Å². The molecule has 4 aromatic rings. The van der Waals surface area contributed by atoms with Crippen LogP contribution in [0.25, 0.3) is 11.0 Å². The molecular weight excluding hydrogens is 499 g/mol. The average molecular weight is 521 g/mol. The van der Waals surface area contributed by atoms with Gasteiger partial charge in [-0.1, -0.05) is 18.2 Å². The fourth-order valence-electron chi connectivity index (χ4n) is 4.05. The minimum atomic E-state index is -4.53. The summed E-state index contributed by atoms with van der Waals surface area (Å²) >= 11 is 0. The van der Waals surface area contributed by atoms with Crippen LogP contribution >= 0.6 is 0 Å². The predicted molar refractivity (Wildman–Crippen MR) is 135 cm³/mol. The number of hydrogen-bond donors (Lipinski definition) is 3. The van der Waals surface area contributed by atoms with Crippen molar-refractivity contribution in [2.75, 3.05) is 30.3 Å². The van der Waals surface area contributed by atoms with Gasteiger partial charge in [0.2, 0.25) is 0 Å². The summed E-state index contributed by atoms with van der Waals surface area (Å²) in [5, 5.41) is 8.16. The van der Waals surface area contributed by atoms with Crippen molar-refractivity contribution in [3.63, 3.8) is 0 Å². The molecule has 0 saturated carbocycles. The van der Waals surface area contributed by atoms with Crippen LogP contribution in [-0.2, 0) is 10.9 Å². The highest BCUT2D eigenvalue weighted by atomic mass is 19.4. The maximum atomic E-state index is 13.2. The lowest BCUT2D eigenvalue weighted by Crippen LogP contribution is -2.33. The predicted octanol–water partition coefficient (Wildman–Crippen LogP) is 5.18. The van der Waals surface area contributed by atoms with Crippen molar-refractivity contribution in [3.05, 3.63) is 95.3 Å². The molecule has 194 valence electrons. The molecular formula is C27H22F3N5O3. The second kappa shape index (κ2) is 10.6. The lowest BCUT2D eigenvalue weighted by molar-refractivity contribution is -0.137. The normalized spacial score (nSPS) is 15.7. The van der Waals surface area contributed by atoms with E-state index in [4.69, 9.17) is 4.74 Å². The number of ether oxygens (including phenoxy) is 1. The van der Waals surface area contributed by atoms with E-state index in [-0.39, 0.29) is 17.6 Å². The van der Waals surface area contributed by atoms with Crippen LogP contribution in [-0.4, -0.2) is 41.5 Å². The number of rotatable bonds is 5. The molecule has 11 heteroatoms. The molecule has 0 bridgehead atoms. The number of nitrogens with one attached hydrogen (secondary N) is 3. The number of hydrogen-bond acceptors (Lipinski definition) is 6. The third kappa shape index (κ3) is 5.79. The molecule has 1 fully saturated rings. The van der Waals surface area contributed by atoms with Crippen LogP contribution < -0.4 is 16.0 Å². The zero-order valence-corrected chi connectivity index (χ0v) is 19.9. The first-order chi connectivity index (χ1) is 18.3. The smallest absolute Gasteiger partial charge is 0.369 e. The van der Waals surface area contributed by atoms with Crippen molar-refractivity contribution in [2.24, 2.45) is 0 Å². The van der Waals surface area contributed by atoms with Crippen molar-refractivity contribution in [1.82, 2.24) is 15.3 Å². The van der Waals surface area contributed by atoms with Gasteiger partial charge in [0.1, 0.15) is 6.10 Å². The molecule has 2 heterocycles. The fourth-order valence-corrected chi connectivity index (χ4v) is 4.05. The summed E-state index contributed by atoms with van der Waals surface area (Å²) in [5.41, 5.74) is 2.01. The summed E-state index contributed by atoms with van der Waals surface area (Å²) in [4.78, 5) is 34.6. The quantitative estimate of drug-likeness (QED) is 0.313. The molecule has 3 aromatic carbocycles. The number of halogens is 3. The number of nitrogens with zero attached hydrogens (tertiary/aromatic N) is 2. The maximum Gasteiger partial charge on any atom is 0.416 e. The first-order valence-electron chi connectivity index (χ1n) is 11.8. The Morgan fingerprint density at radius 3 is 2.39 bits per heavy atom. The Kier molecular flexibility index (Phi) is 7.03. The van der Waals surface area contributed by atoms with Gasteiger partial charge >= 0.3 is 12.2 Å². The van der Waals surface area contributed by atoms with Crippen LogP contribution in [0.4, 0.5) is 29.3 Å². The molecule has 38 heavy (non-hydrogen) atoms. The van der Waals surface area contributed by atoms with Crippen LogP contribution in [0.15, 0.2) is 72.9 Å². The SMILES string of the molecule is O=C(Nc1cccc(C(=O)c2ccc3nc(C4CNCCO4)cnc3c2)c1)Nc1cccc(C(F)(F)F)c1. The number of aromatic nitrogens is 2. The number of anilines is 2. The molecule has 1 aliphatic rings. The van der Waals surface area contributed by atoms with Gasteiger partial charge in [0.05, 0.1) is 35.1 Å². The summed E-state index contributed by atoms with van der Waals surface area (Å²) in [7, 11) is 0. The maximum absolute atomic E-state index is 13.2. The van der Waals surface area contributed by atoms with Crippen molar-refractivity contribution >= 4 is 34.2 Å². The lowest BCUT2D eigenvalue weighted by Gasteiger charge is -2.22. The van der Waals surface area contributed by atoms with Gasteiger partial charge in [0.15, 0.2) is 5.78 Å². The number of carbonyl (C=O) groups excluding carboxylic acids is 2. The van der Waals surface area contributed by atoms with Crippen molar-refractivity contribution < 1.29 is 27.5 Å². The Labute approximate surface area is 215 Å². The van der Waals surface area contributed by atoms with Gasteiger partial charge in [0.25, 0.3) is 0 Å². The standard InChI is InChI=1S/C27H22F3N5O3/c28-27(29,30)18-4-2-6-20(13-18)34-26(37)33-19-5-1-3-16(11-19)25(36)17-7-8-21-22(12-17)32-14-23(35-21)24-15-31-9-10-38-24/h1-8,11-14,24,31H,9-10,15H2,(H2,33,34,37). The van der Waals surface area contributed by atoms with E-state index in [0.717, 1.165) is 18.7 Å². The zero-order chi connectivity index (χ0) is 26.7. The number of morpholine rings is 1. The van der Waals surface area contributed by atoms with Crippen LogP contribution in [0.1, 0.15) is 33.3 Å². The number of carbonyl (C=O) groups is 2. The van der Waals surface area contributed by atoms with Crippen LogP contribution in [0, 0.1) is 0 Å². The molecule has 0 aliphatic carbocycles. The van der Waals surface area contributed by atoms with E-state index in [0.29, 0.717) is 46.7 Å². The summed E-state index contributed by atoms with van der Waals surface area (Å²) in [6.07, 6.45) is -3.06. The summed E-state index contributed by atoms with van der Waals surface area (Å²) in [6, 6.07) is 14.8. The molecule has 3 N–H and O–H groups in total. The molecule has 0 spiro atoms. The molecule has 8 nitrogen and oxygen atoms in total. The molecule has 5 rings (SSSR count). The first kappa shape index (κ1) is 25.3. The van der Waals surface area contributed by atoms with Crippen LogP contribution in [0.5, 0.6) is 0 Å². The van der Waals surface area contributed by atoms with E-state index in [1.54, 1.807) is 42.6 Å². The first-order valence-corrected chi connectivity index (χ1v) is 11.8. The van der Waals surface area contributed by atoms with E-state index < -0.39 is 17.8 Å². The number of fused-ring (bicyclic) bond motifs is 1. The van der Waals surface area contributed by atoms with E-state index in [1.165, 1.54) is 18.2 Å². The van der Waals surface area contributed by atoms with E-state index in [1.807, 2.05) is 0 Å². The number of amides is 2. The monoisotopic (exact) mass is 521 g/mol. The Bertz CT molecular complexity index is 1500. The summed E-state index contributed by atoms with van der Waals surface area (Å²) in [5.74, 6) is -0.292. The van der Waals surface area contributed by atoms with Gasteiger partial charge in [-0.15, -0.1) is 0 Å². The topological polar surface area (TPSA) is 105 Å². The van der Waals surface area contributed by atoms with Gasteiger partial charge in [-0.3, -0.25) is 9.78 Å². The fraction of sp³-hybridized carbons (Fsp3) is 0.185. The second-order valence-corrected chi connectivity index (χ2v) is 8.63. The van der Waals surface area contributed by atoms with E-state index in [9.17, 15) is 22.8 Å². The highest BCUT2D eigenvalue weighted by Gasteiger charge is 2.30. The largest absolute Gasteiger partial charge is 0.416 e. The second-order valence-electron chi connectivity index (χ2n) is 8.63. The van der Waals surface area contributed by atoms with Gasteiger partial charge in [-0.25, -0.2) is 9.78 Å². The Balaban J connectivity index is 1.28. The van der Waals surface area contributed by atoms with Crippen LogP contribution in [0.3, 0.4) is 0 Å². The third-order valence-corrected chi connectivity index (χ3v) is 5.91. The van der Waals surface area contributed by atoms with Gasteiger partial charge in [-0.05, 0) is 48.5 Å². The van der Waals surface area contributed by atoms with Crippen LogP contribution in [0.2, 0.25) is 0 Å². The van der Waals surface area contributed by atoms with E-state index >= 15 is 0 Å². The number of alkyl halides is 3. The van der Waals surface area contributed by atoms with Crippen molar-refractivity contribution in [3.8, 4) is 0 Å². The summed E-state index contributed by atoms with van der Waals surface area (Å²) < 4.78 is 44.5. The molecule has 1 atom stereocenters. The highest BCUT2D eigenvalue weighted by Crippen LogP contribution is 2.30. The Morgan fingerprint density at radius 1 is 0.921 bits per heavy atom. The number of urea groups is 1. The van der Waals surface area contributed by atoms with E-state index in [2.05, 4.69) is 25.9 Å². The molecule has 1 unspecified atom stereocenters. The number of ketones is 1. The molecule has 1 aromatic heterocycles. The molecule has 0 radical (unpaired) electrons. The molecule has 1 saturated heterocycles. The Morgan fingerprint density at radius 2 is 1.66 bits per heavy atom. The minimum absolute atomic E-state index is 0.0173. The van der Waals surface area contributed by atoms with Crippen molar-refractivity contribution in [2.45, 2.75) is 12.3 Å². The van der Waals surface area contributed by atoms with Gasteiger partial charge < -0.3 is 20.7 Å². The minimum Gasteiger partial charge on any atom is -0.369 e. The lowest BCUT2D eigenvalue weighted by atomic mass is 10.0. The highest BCUT2D eigenvalue weighted by molar-refractivity contribution is 6.11. The Hall–Kier alpha value is -4.35. The van der Waals surface area contributed by atoms with Gasteiger partial charge in [-0.2, -0.15) is 13.2 Å². The van der Waals surface area contributed by atoms with Gasteiger partial charge in [0, 0.05) is 35.6 Å². The molecule has 2 amide bonds. The number of benzene rings is 3. The summed E-state index contributed by atoms with van der Waals surface area (Å²) in [6.45, 7) is 2.04. The average Bonchev–Trinajstić information content (AvgIpc) is 2.92.